The van der Waals surface area contributed by atoms with Crippen LogP contribution in [0, 0.1) is 6.92 Å². The molecule has 2 rings (SSSR count). The molecule has 0 aromatic heterocycles. The summed E-state index contributed by atoms with van der Waals surface area (Å²) in [5, 5.41) is 0.570. The third kappa shape index (κ3) is 3.31. The minimum Gasteiger partial charge on any atom is -0.398 e. The number of nitrogens with two attached hydrogens (primary N) is 1. The number of carbonyl (C=O) groups is 1. The molecule has 0 heterocycles. The molecule has 3 nitrogen and oxygen atoms in total. The normalized spacial score (nSPS) is 10.3. The fourth-order valence-electron chi connectivity index (χ4n) is 2.09. The lowest BCUT2D eigenvalue weighted by atomic mass is 10.1. The summed E-state index contributed by atoms with van der Waals surface area (Å²) in [6, 6.07) is 12.9. The van der Waals surface area contributed by atoms with Crippen molar-refractivity contribution in [3.8, 4) is 0 Å². The van der Waals surface area contributed by atoms with E-state index in [9.17, 15) is 4.79 Å². The van der Waals surface area contributed by atoms with Crippen LogP contribution in [-0.4, -0.2) is 17.9 Å². The van der Waals surface area contributed by atoms with Gasteiger partial charge in [-0.3, -0.25) is 4.79 Å². The van der Waals surface area contributed by atoms with Gasteiger partial charge in [0.05, 0.1) is 0 Å². The molecule has 104 valence electrons. The first-order chi connectivity index (χ1) is 9.47. The van der Waals surface area contributed by atoms with Gasteiger partial charge in [0.25, 0.3) is 5.91 Å². The van der Waals surface area contributed by atoms with E-state index < -0.39 is 0 Å². The van der Waals surface area contributed by atoms with Crippen LogP contribution in [0.3, 0.4) is 0 Å². The Bertz CT molecular complexity index is 620. The average molecular weight is 289 g/mol. The Morgan fingerprint density at radius 2 is 1.95 bits per heavy atom. The molecule has 0 atom stereocenters. The third-order valence-electron chi connectivity index (χ3n) is 3.10. The minimum atomic E-state index is -0.0705. The number of halogens is 1. The van der Waals surface area contributed by atoms with Crippen molar-refractivity contribution < 1.29 is 4.79 Å². The van der Waals surface area contributed by atoms with Gasteiger partial charge in [0, 0.05) is 29.9 Å². The number of para-hydroxylation sites is 1. The summed E-state index contributed by atoms with van der Waals surface area (Å²) in [7, 11) is 1.75. The van der Waals surface area contributed by atoms with Crippen LogP contribution in [0.5, 0.6) is 0 Å². The van der Waals surface area contributed by atoms with Crippen molar-refractivity contribution in [2.75, 3.05) is 12.8 Å². The van der Waals surface area contributed by atoms with E-state index in [4.69, 9.17) is 17.3 Å². The van der Waals surface area contributed by atoms with Crippen molar-refractivity contribution in [2.24, 2.45) is 0 Å². The number of rotatable bonds is 3. The number of nitrogens with zero attached hydrogens (tertiary/aromatic N) is 1. The molecule has 0 fully saturated rings. The van der Waals surface area contributed by atoms with Crippen LogP contribution in [0.15, 0.2) is 42.5 Å². The minimum absolute atomic E-state index is 0.0705. The van der Waals surface area contributed by atoms with Gasteiger partial charge >= 0.3 is 0 Å². The molecular formula is C16H17ClN2O. The van der Waals surface area contributed by atoms with Gasteiger partial charge < -0.3 is 10.6 Å². The zero-order valence-electron chi connectivity index (χ0n) is 11.6. The quantitative estimate of drug-likeness (QED) is 0.879. The van der Waals surface area contributed by atoms with Gasteiger partial charge in [0.2, 0.25) is 0 Å². The molecule has 0 aliphatic rings. The first-order valence-electron chi connectivity index (χ1n) is 6.33. The van der Waals surface area contributed by atoms with Crippen LogP contribution in [0.4, 0.5) is 5.69 Å². The third-order valence-corrected chi connectivity index (χ3v) is 3.32. The Morgan fingerprint density at radius 3 is 2.60 bits per heavy atom. The lowest BCUT2D eigenvalue weighted by molar-refractivity contribution is 0.0785. The van der Waals surface area contributed by atoms with Crippen molar-refractivity contribution in [3.05, 3.63) is 64.2 Å². The van der Waals surface area contributed by atoms with Crippen LogP contribution in [0.2, 0.25) is 5.02 Å². The predicted molar refractivity (Wildman–Crippen MR) is 82.8 cm³/mol. The Hall–Kier alpha value is -2.00. The summed E-state index contributed by atoms with van der Waals surface area (Å²) in [5.41, 5.74) is 9.07. The standard InChI is InChI=1S/C16H17ClN2O/c1-11-7-13(9-14(17)8-11)16(20)19(2)10-12-5-3-4-6-15(12)18/h3-9H,10,18H2,1-2H3. The number of aryl methyl sites for hydroxylation is 1. The molecule has 0 saturated carbocycles. The summed E-state index contributed by atoms with van der Waals surface area (Å²) in [4.78, 5) is 14.0. The average Bonchev–Trinajstić information content (AvgIpc) is 2.39. The highest BCUT2D eigenvalue weighted by Crippen LogP contribution is 2.18. The van der Waals surface area contributed by atoms with E-state index in [1.807, 2.05) is 43.3 Å². The maximum Gasteiger partial charge on any atom is 0.253 e. The van der Waals surface area contributed by atoms with E-state index in [0.29, 0.717) is 22.8 Å². The van der Waals surface area contributed by atoms with Gasteiger partial charge in [0.15, 0.2) is 0 Å². The van der Waals surface area contributed by atoms with Crippen LogP contribution in [-0.2, 0) is 6.54 Å². The molecule has 4 heteroatoms. The monoisotopic (exact) mass is 288 g/mol. The molecule has 20 heavy (non-hydrogen) atoms. The number of nitrogen functional groups attached to an aromatic ring is 1. The second kappa shape index (κ2) is 5.97. The number of benzene rings is 2. The van der Waals surface area contributed by atoms with Crippen molar-refractivity contribution in [2.45, 2.75) is 13.5 Å². The largest absolute Gasteiger partial charge is 0.398 e. The van der Waals surface area contributed by atoms with Crippen molar-refractivity contribution >= 4 is 23.2 Å². The number of anilines is 1. The Balaban J connectivity index is 2.18. The van der Waals surface area contributed by atoms with Gasteiger partial charge in [-0.15, -0.1) is 0 Å². The van der Waals surface area contributed by atoms with Crippen molar-refractivity contribution in [3.63, 3.8) is 0 Å². The smallest absolute Gasteiger partial charge is 0.253 e. The van der Waals surface area contributed by atoms with E-state index in [-0.39, 0.29) is 5.91 Å². The van der Waals surface area contributed by atoms with Gasteiger partial charge in [-0.05, 0) is 42.3 Å². The molecular weight excluding hydrogens is 272 g/mol. The molecule has 2 aromatic rings. The molecule has 0 spiro atoms. The first kappa shape index (κ1) is 14.4. The molecule has 0 radical (unpaired) electrons. The number of hydrogen-bond acceptors (Lipinski definition) is 2. The molecule has 2 aromatic carbocycles. The van der Waals surface area contributed by atoms with Crippen LogP contribution in [0.25, 0.3) is 0 Å². The molecule has 0 aliphatic carbocycles. The molecule has 0 unspecified atom stereocenters. The Morgan fingerprint density at radius 1 is 1.25 bits per heavy atom. The first-order valence-corrected chi connectivity index (χ1v) is 6.71. The number of carbonyl (C=O) groups excluding carboxylic acids is 1. The molecule has 0 saturated heterocycles. The van der Waals surface area contributed by atoms with Gasteiger partial charge in [-0.1, -0.05) is 29.8 Å². The van der Waals surface area contributed by atoms with E-state index in [1.165, 1.54) is 0 Å². The molecule has 0 aliphatic heterocycles. The highest BCUT2D eigenvalue weighted by molar-refractivity contribution is 6.31. The zero-order chi connectivity index (χ0) is 14.7. The lowest BCUT2D eigenvalue weighted by Gasteiger charge is -2.18. The summed E-state index contributed by atoms with van der Waals surface area (Å²) in [5.74, 6) is -0.0705. The molecule has 2 N–H and O–H groups in total. The molecule has 1 amide bonds. The maximum atomic E-state index is 12.4. The van der Waals surface area contributed by atoms with Crippen LogP contribution < -0.4 is 5.73 Å². The number of hydrogen-bond donors (Lipinski definition) is 1. The van der Waals surface area contributed by atoms with E-state index in [2.05, 4.69) is 0 Å². The highest BCUT2D eigenvalue weighted by atomic mass is 35.5. The summed E-state index contributed by atoms with van der Waals surface area (Å²) in [6.07, 6.45) is 0. The van der Waals surface area contributed by atoms with Gasteiger partial charge in [-0.2, -0.15) is 0 Å². The number of amides is 1. The second-order valence-electron chi connectivity index (χ2n) is 4.88. The fourth-order valence-corrected chi connectivity index (χ4v) is 2.38. The van der Waals surface area contributed by atoms with Gasteiger partial charge in [-0.25, -0.2) is 0 Å². The topological polar surface area (TPSA) is 46.3 Å². The summed E-state index contributed by atoms with van der Waals surface area (Å²) >= 11 is 5.99. The maximum absolute atomic E-state index is 12.4. The van der Waals surface area contributed by atoms with E-state index >= 15 is 0 Å². The van der Waals surface area contributed by atoms with Gasteiger partial charge in [0.1, 0.15) is 0 Å². The zero-order valence-corrected chi connectivity index (χ0v) is 12.3. The lowest BCUT2D eigenvalue weighted by Crippen LogP contribution is -2.26. The fraction of sp³-hybridized carbons (Fsp3) is 0.188. The van der Waals surface area contributed by atoms with Crippen molar-refractivity contribution in [1.82, 2.24) is 4.90 Å². The SMILES string of the molecule is Cc1cc(Cl)cc(C(=O)N(C)Cc2ccccc2N)c1. The second-order valence-corrected chi connectivity index (χ2v) is 5.31. The highest BCUT2D eigenvalue weighted by Gasteiger charge is 2.14. The van der Waals surface area contributed by atoms with Crippen LogP contribution >= 0.6 is 11.6 Å². The molecule has 0 bridgehead atoms. The summed E-state index contributed by atoms with van der Waals surface area (Å²) in [6.45, 7) is 2.38. The predicted octanol–water partition coefficient (Wildman–Crippen LogP) is 3.50. The van der Waals surface area contributed by atoms with Crippen LogP contribution in [0.1, 0.15) is 21.5 Å². The summed E-state index contributed by atoms with van der Waals surface area (Å²) < 4.78 is 0. The Labute approximate surface area is 124 Å². The van der Waals surface area contributed by atoms with E-state index in [0.717, 1.165) is 11.1 Å². The van der Waals surface area contributed by atoms with Crippen molar-refractivity contribution in [1.29, 1.82) is 0 Å². The van der Waals surface area contributed by atoms with E-state index in [1.54, 1.807) is 18.0 Å². The Kier molecular flexibility index (Phi) is 4.30.